The van der Waals surface area contributed by atoms with Gasteiger partial charge in [0.15, 0.2) is 0 Å². The fourth-order valence-electron chi connectivity index (χ4n) is 2.25. The van der Waals surface area contributed by atoms with E-state index in [1.54, 1.807) is 44.2 Å². The van der Waals surface area contributed by atoms with Gasteiger partial charge >= 0.3 is 0 Å². The summed E-state index contributed by atoms with van der Waals surface area (Å²) in [6, 6.07) is 9.21. The molecule has 2 heterocycles. The molecule has 0 spiro atoms. The molecule has 6 heteroatoms. The van der Waals surface area contributed by atoms with Gasteiger partial charge in [-0.2, -0.15) is 0 Å². The molecule has 1 aromatic heterocycles. The van der Waals surface area contributed by atoms with Gasteiger partial charge in [-0.1, -0.05) is 0 Å². The number of halogens is 1. The highest BCUT2D eigenvalue weighted by Gasteiger charge is 2.36. The SMILES string of the molecule is CC(C)N1C(=O)S/C(=C/c2ccc(-c3ccc(F)cc3)o2)C1=O. The van der Waals surface area contributed by atoms with Gasteiger partial charge in [0.25, 0.3) is 11.1 Å². The Hall–Kier alpha value is -2.34. The lowest BCUT2D eigenvalue weighted by atomic mass is 10.2. The number of hydrogen-bond acceptors (Lipinski definition) is 4. The van der Waals surface area contributed by atoms with Crippen molar-refractivity contribution in [3.05, 3.63) is 52.9 Å². The first-order valence-corrected chi connectivity index (χ1v) is 7.90. The second kappa shape index (κ2) is 6.04. The summed E-state index contributed by atoms with van der Waals surface area (Å²) in [5.74, 6) is 0.413. The van der Waals surface area contributed by atoms with Crippen LogP contribution in [0.4, 0.5) is 9.18 Å². The standard InChI is InChI=1S/C17H14FNO3S/c1-10(2)19-16(20)15(23-17(19)21)9-13-7-8-14(22-13)11-3-5-12(18)6-4-11/h3-10H,1-2H3/b15-9+. The third-order valence-corrected chi connectivity index (χ3v) is 4.25. The summed E-state index contributed by atoms with van der Waals surface area (Å²) in [7, 11) is 0. The van der Waals surface area contributed by atoms with Gasteiger partial charge < -0.3 is 4.42 Å². The number of amides is 2. The number of hydrogen-bond donors (Lipinski definition) is 0. The topological polar surface area (TPSA) is 50.5 Å². The van der Waals surface area contributed by atoms with Gasteiger partial charge in [0.2, 0.25) is 0 Å². The molecule has 3 rings (SSSR count). The van der Waals surface area contributed by atoms with Gasteiger partial charge in [0.05, 0.1) is 4.91 Å². The fraction of sp³-hybridized carbons (Fsp3) is 0.176. The van der Waals surface area contributed by atoms with Crippen LogP contribution < -0.4 is 0 Å². The predicted molar refractivity (Wildman–Crippen MR) is 87.0 cm³/mol. The Morgan fingerprint density at radius 2 is 1.83 bits per heavy atom. The van der Waals surface area contributed by atoms with E-state index < -0.39 is 0 Å². The lowest BCUT2D eigenvalue weighted by Gasteiger charge is -2.16. The molecule has 0 bridgehead atoms. The van der Waals surface area contributed by atoms with Crippen molar-refractivity contribution in [3.8, 4) is 11.3 Å². The van der Waals surface area contributed by atoms with Crippen LogP contribution in [0.25, 0.3) is 17.4 Å². The van der Waals surface area contributed by atoms with E-state index in [1.165, 1.54) is 17.0 Å². The first kappa shape index (κ1) is 15.6. The second-order valence-electron chi connectivity index (χ2n) is 5.35. The molecule has 118 valence electrons. The lowest BCUT2D eigenvalue weighted by molar-refractivity contribution is -0.123. The van der Waals surface area contributed by atoms with E-state index in [1.807, 2.05) is 0 Å². The third-order valence-electron chi connectivity index (χ3n) is 3.37. The van der Waals surface area contributed by atoms with E-state index in [-0.39, 0.29) is 23.0 Å². The zero-order valence-electron chi connectivity index (χ0n) is 12.6. The van der Waals surface area contributed by atoms with Crippen LogP contribution >= 0.6 is 11.8 Å². The lowest BCUT2D eigenvalue weighted by Crippen LogP contribution is -2.34. The molecule has 23 heavy (non-hydrogen) atoms. The molecule has 0 aliphatic carbocycles. The maximum Gasteiger partial charge on any atom is 0.293 e. The molecule has 1 saturated heterocycles. The van der Waals surface area contributed by atoms with Crippen molar-refractivity contribution in [1.29, 1.82) is 0 Å². The average molecular weight is 331 g/mol. The van der Waals surface area contributed by atoms with Crippen LogP contribution in [0.3, 0.4) is 0 Å². The van der Waals surface area contributed by atoms with Crippen LogP contribution in [-0.2, 0) is 4.79 Å². The molecular formula is C17H14FNO3S. The summed E-state index contributed by atoms with van der Waals surface area (Å²) in [4.78, 5) is 25.6. The van der Waals surface area contributed by atoms with Crippen LogP contribution in [-0.4, -0.2) is 22.1 Å². The number of imide groups is 1. The minimum Gasteiger partial charge on any atom is -0.457 e. The normalized spacial score (nSPS) is 16.9. The number of carbonyl (C=O) groups excluding carboxylic acids is 2. The summed E-state index contributed by atoms with van der Waals surface area (Å²) in [6.45, 7) is 3.58. The first-order valence-electron chi connectivity index (χ1n) is 7.08. The molecule has 2 aromatic rings. The Bertz CT molecular complexity index is 792. The third kappa shape index (κ3) is 3.07. The van der Waals surface area contributed by atoms with Crippen molar-refractivity contribution in [2.45, 2.75) is 19.9 Å². The first-order chi connectivity index (χ1) is 11.0. The number of thioether (sulfide) groups is 1. The highest BCUT2D eigenvalue weighted by atomic mass is 32.2. The molecule has 0 atom stereocenters. The summed E-state index contributed by atoms with van der Waals surface area (Å²) in [5.41, 5.74) is 0.737. The smallest absolute Gasteiger partial charge is 0.293 e. The molecule has 4 nitrogen and oxygen atoms in total. The van der Waals surface area contributed by atoms with E-state index in [9.17, 15) is 14.0 Å². The van der Waals surface area contributed by atoms with Crippen LogP contribution in [0.2, 0.25) is 0 Å². The molecule has 0 radical (unpaired) electrons. The van der Waals surface area contributed by atoms with Crippen molar-refractivity contribution >= 4 is 29.0 Å². The van der Waals surface area contributed by atoms with Gasteiger partial charge in [-0.25, -0.2) is 4.39 Å². The number of carbonyl (C=O) groups is 2. The van der Waals surface area contributed by atoms with Crippen LogP contribution in [0, 0.1) is 5.82 Å². The Kier molecular flexibility index (Phi) is 4.09. The number of rotatable bonds is 3. The molecular weight excluding hydrogens is 317 g/mol. The van der Waals surface area contributed by atoms with Crippen LogP contribution in [0.1, 0.15) is 19.6 Å². The number of benzene rings is 1. The van der Waals surface area contributed by atoms with E-state index in [4.69, 9.17) is 4.42 Å². The van der Waals surface area contributed by atoms with Gasteiger partial charge in [-0.3, -0.25) is 14.5 Å². The largest absolute Gasteiger partial charge is 0.457 e. The zero-order valence-corrected chi connectivity index (χ0v) is 13.4. The molecule has 1 aliphatic heterocycles. The minimum atomic E-state index is -0.317. The van der Waals surface area contributed by atoms with Crippen molar-refractivity contribution in [2.75, 3.05) is 0 Å². The Balaban J connectivity index is 1.85. The molecule has 0 unspecified atom stereocenters. The zero-order chi connectivity index (χ0) is 16.6. The van der Waals surface area contributed by atoms with Crippen LogP contribution in [0.5, 0.6) is 0 Å². The van der Waals surface area contributed by atoms with Gasteiger partial charge in [-0.05, 0) is 62.0 Å². The number of nitrogens with zero attached hydrogens (tertiary/aromatic N) is 1. The Morgan fingerprint density at radius 3 is 2.43 bits per heavy atom. The van der Waals surface area contributed by atoms with Crippen molar-refractivity contribution in [2.24, 2.45) is 0 Å². The molecule has 1 aliphatic rings. The summed E-state index contributed by atoms with van der Waals surface area (Å²) in [6.07, 6.45) is 1.56. The average Bonchev–Trinajstić information content (AvgIpc) is 3.05. The summed E-state index contributed by atoms with van der Waals surface area (Å²) in [5, 5.41) is -0.276. The maximum absolute atomic E-state index is 12.9. The van der Waals surface area contributed by atoms with Crippen LogP contribution in [0.15, 0.2) is 45.7 Å². The summed E-state index contributed by atoms with van der Waals surface area (Å²) >= 11 is 0.901. The van der Waals surface area contributed by atoms with E-state index in [0.717, 1.165) is 17.3 Å². The van der Waals surface area contributed by atoms with Gasteiger partial charge in [-0.15, -0.1) is 0 Å². The van der Waals surface area contributed by atoms with Gasteiger partial charge in [0.1, 0.15) is 17.3 Å². The molecule has 2 amide bonds. The quantitative estimate of drug-likeness (QED) is 0.775. The molecule has 1 fully saturated rings. The van der Waals surface area contributed by atoms with Crippen molar-refractivity contribution in [1.82, 2.24) is 4.90 Å². The van der Waals surface area contributed by atoms with Gasteiger partial charge in [0, 0.05) is 17.7 Å². The predicted octanol–water partition coefficient (Wildman–Crippen LogP) is 4.53. The fourth-order valence-corrected chi connectivity index (χ4v) is 3.19. The number of furan rings is 1. The molecule has 1 aromatic carbocycles. The minimum absolute atomic E-state index is 0.181. The highest BCUT2D eigenvalue weighted by Crippen LogP contribution is 2.34. The Morgan fingerprint density at radius 1 is 1.13 bits per heavy atom. The van der Waals surface area contributed by atoms with Crippen molar-refractivity contribution in [3.63, 3.8) is 0 Å². The van der Waals surface area contributed by atoms with E-state index in [0.29, 0.717) is 16.4 Å². The summed E-state index contributed by atoms with van der Waals surface area (Å²) < 4.78 is 18.6. The van der Waals surface area contributed by atoms with E-state index >= 15 is 0 Å². The second-order valence-corrected chi connectivity index (χ2v) is 6.35. The van der Waals surface area contributed by atoms with E-state index in [2.05, 4.69) is 0 Å². The highest BCUT2D eigenvalue weighted by molar-refractivity contribution is 8.18. The molecule has 0 N–H and O–H groups in total. The molecule has 0 saturated carbocycles. The monoisotopic (exact) mass is 331 g/mol. The Labute approximate surface area is 137 Å². The maximum atomic E-state index is 12.9. The van der Waals surface area contributed by atoms with Crippen molar-refractivity contribution < 1.29 is 18.4 Å².